The first kappa shape index (κ1) is 20.4. The Morgan fingerprint density at radius 2 is 1.70 bits per heavy atom. The van der Waals surface area contributed by atoms with Crippen LogP contribution < -0.4 is 4.74 Å². The molecule has 30 heavy (non-hydrogen) atoms. The quantitative estimate of drug-likeness (QED) is 0.598. The second kappa shape index (κ2) is 9.31. The fourth-order valence-corrected chi connectivity index (χ4v) is 4.40. The van der Waals surface area contributed by atoms with Crippen LogP contribution in [0.3, 0.4) is 0 Å². The molecule has 156 valence electrons. The van der Waals surface area contributed by atoms with Gasteiger partial charge < -0.3 is 9.64 Å². The number of nitrogens with zero attached hydrogens (tertiary/aromatic N) is 2. The molecule has 0 N–H and O–H groups in total. The van der Waals surface area contributed by atoms with Gasteiger partial charge in [0.2, 0.25) is 5.91 Å². The summed E-state index contributed by atoms with van der Waals surface area (Å²) in [5, 5.41) is 2.62. The minimum Gasteiger partial charge on any atom is -0.497 e. The first-order valence-corrected chi connectivity index (χ1v) is 10.7. The van der Waals surface area contributed by atoms with Gasteiger partial charge in [-0.1, -0.05) is 54.6 Å². The molecule has 4 nitrogen and oxygen atoms in total. The van der Waals surface area contributed by atoms with Crippen LogP contribution in [-0.4, -0.2) is 43.0 Å². The highest BCUT2D eigenvalue weighted by molar-refractivity contribution is 5.85. The Hall–Kier alpha value is -2.85. The van der Waals surface area contributed by atoms with Gasteiger partial charge in [0.05, 0.1) is 7.11 Å². The van der Waals surface area contributed by atoms with Gasteiger partial charge in [0.25, 0.3) is 0 Å². The second-order valence-electron chi connectivity index (χ2n) is 8.23. The lowest BCUT2D eigenvalue weighted by molar-refractivity contribution is -0.136. The zero-order valence-corrected chi connectivity index (χ0v) is 17.9. The van der Waals surface area contributed by atoms with Crippen molar-refractivity contribution in [2.45, 2.75) is 25.9 Å². The third-order valence-electron chi connectivity index (χ3n) is 6.17. The first-order valence-electron chi connectivity index (χ1n) is 10.7. The van der Waals surface area contributed by atoms with E-state index in [-0.39, 0.29) is 11.8 Å². The lowest BCUT2D eigenvalue weighted by Gasteiger charge is -2.33. The number of amides is 1. The third kappa shape index (κ3) is 4.65. The van der Waals surface area contributed by atoms with Crippen LogP contribution >= 0.6 is 0 Å². The van der Waals surface area contributed by atoms with Gasteiger partial charge in [-0.15, -0.1) is 0 Å². The number of benzene rings is 3. The van der Waals surface area contributed by atoms with Crippen LogP contribution in [0.1, 0.15) is 24.0 Å². The highest BCUT2D eigenvalue weighted by atomic mass is 16.5. The summed E-state index contributed by atoms with van der Waals surface area (Å²) in [4.78, 5) is 17.3. The van der Waals surface area contributed by atoms with Crippen molar-refractivity contribution in [2.24, 2.45) is 5.92 Å². The molecule has 1 aliphatic heterocycles. The lowest BCUT2D eigenvalue weighted by Crippen LogP contribution is -2.40. The van der Waals surface area contributed by atoms with Crippen molar-refractivity contribution >= 4 is 16.7 Å². The van der Waals surface area contributed by atoms with Crippen molar-refractivity contribution in [3.05, 3.63) is 77.9 Å². The molecule has 1 heterocycles. The van der Waals surface area contributed by atoms with E-state index >= 15 is 0 Å². The number of carbonyl (C=O) groups excluding carboxylic acids is 1. The Kier molecular flexibility index (Phi) is 6.34. The van der Waals surface area contributed by atoms with Crippen LogP contribution in [0.5, 0.6) is 5.75 Å². The molecule has 0 saturated carbocycles. The van der Waals surface area contributed by atoms with Gasteiger partial charge in [-0.25, -0.2) is 0 Å². The summed E-state index contributed by atoms with van der Waals surface area (Å²) >= 11 is 0. The summed E-state index contributed by atoms with van der Waals surface area (Å²) in [6, 6.07) is 23.0. The highest BCUT2D eigenvalue weighted by Gasteiger charge is 2.27. The number of rotatable bonds is 6. The smallest absolute Gasteiger partial charge is 0.225 e. The number of hydrogen-bond donors (Lipinski definition) is 0. The lowest BCUT2D eigenvalue weighted by atomic mass is 9.94. The Balaban J connectivity index is 1.31. The molecule has 1 fully saturated rings. The van der Waals surface area contributed by atoms with Crippen LogP contribution in [-0.2, 0) is 17.9 Å². The number of carbonyl (C=O) groups is 1. The van der Waals surface area contributed by atoms with Crippen LogP contribution in [0, 0.1) is 5.92 Å². The van der Waals surface area contributed by atoms with E-state index in [4.69, 9.17) is 4.74 Å². The molecule has 0 atom stereocenters. The van der Waals surface area contributed by atoms with E-state index in [1.165, 1.54) is 16.3 Å². The molecule has 0 spiro atoms. The molecule has 1 aliphatic rings. The van der Waals surface area contributed by atoms with E-state index in [1.807, 2.05) is 36.2 Å². The molecule has 4 rings (SSSR count). The van der Waals surface area contributed by atoms with Gasteiger partial charge in [-0.3, -0.25) is 9.69 Å². The third-order valence-corrected chi connectivity index (χ3v) is 6.17. The maximum absolute atomic E-state index is 12.9. The minimum absolute atomic E-state index is 0.122. The normalized spacial score (nSPS) is 15.3. The monoisotopic (exact) mass is 402 g/mol. The molecular weight excluding hydrogens is 372 g/mol. The molecule has 0 aliphatic carbocycles. The van der Waals surface area contributed by atoms with Gasteiger partial charge in [0.15, 0.2) is 0 Å². The summed E-state index contributed by atoms with van der Waals surface area (Å²) in [5.41, 5.74) is 2.49. The molecule has 0 unspecified atom stereocenters. The zero-order chi connectivity index (χ0) is 20.9. The zero-order valence-electron chi connectivity index (χ0n) is 17.9. The van der Waals surface area contributed by atoms with Crippen molar-refractivity contribution in [3.8, 4) is 5.75 Å². The van der Waals surface area contributed by atoms with Crippen LogP contribution in [0.15, 0.2) is 66.7 Å². The number of fused-ring (bicyclic) bond motifs is 1. The molecule has 3 aromatic carbocycles. The second-order valence-corrected chi connectivity index (χ2v) is 8.23. The van der Waals surface area contributed by atoms with Gasteiger partial charge >= 0.3 is 0 Å². The molecule has 3 aromatic rings. The van der Waals surface area contributed by atoms with E-state index in [0.29, 0.717) is 6.54 Å². The number of ether oxygens (including phenoxy) is 1. The number of methoxy groups -OCH3 is 1. The molecule has 1 amide bonds. The van der Waals surface area contributed by atoms with E-state index in [1.54, 1.807) is 7.11 Å². The van der Waals surface area contributed by atoms with Gasteiger partial charge in [-0.05, 0) is 60.0 Å². The Labute approximate surface area is 179 Å². The van der Waals surface area contributed by atoms with Gasteiger partial charge in [0.1, 0.15) is 5.75 Å². The molecular formula is C26H30N2O2. The summed E-state index contributed by atoms with van der Waals surface area (Å²) in [6.07, 6.45) is 1.85. The van der Waals surface area contributed by atoms with Crippen molar-refractivity contribution in [1.82, 2.24) is 9.80 Å². The maximum Gasteiger partial charge on any atom is 0.225 e. The molecule has 1 saturated heterocycles. The van der Waals surface area contributed by atoms with Crippen molar-refractivity contribution in [1.29, 1.82) is 0 Å². The summed E-state index contributed by atoms with van der Waals surface area (Å²) < 4.78 is 5.21. The van der Waals surface area contributed by atoms with Crippen molar-refractivity contribution in [3.63, 3.8) is 0 Å². The molecule has 0 radical (unpaired) electrons. The van der Waals surface area contributed by atoms with Crippen molar-refractivity contribution in [2.75, 3.05) is 27.2 Å². The van der Waals surface area contributed by atoms with Crippen LogP contribution in [0.4, 0.5) is 0 Å². The molecule has 4 heteroatoms. The van der Waals surface area contributed by atoms with Gasteiger partial charge in [-0.2, -0.15) is 0 Å². The average molecular weight is 403 g/mol. The number of likely N-dealkylation sites (tertiary alicyclic amines) is 1. The predicted molar refractivity (Wildman–Crippen MR) is 121 cm³/mol. The Morgan fingerprint density at radius 1 is 1.00 bits per heavy atom. The SMILES string of the molecule is COc1ccc(CN(C)C(=O)C2CCN(Cc3cccc4ccccc34)CC2)cc1. The minimum atomic E-state index is 0.122. The van der Waals surface area contributed by atoms with E-state index < -0.39 is 0 Å². The number of piperidine rings is 1. The fourth-order valence-electron chi connectivity index (χ4n) is 4.40. The average Bonchev–Trinajstić information content (AvgIpc) is 2.80. The van der Waals surface area contributed by atoms with Gasteiger partial charge in [0, 0.05) is 26.1 Å². The predicted octanol–water partition coefficient (Wildman–Crippen LogP) is 4.72. The summed E-state index contributed by atoms with van der Waals surface area (Å²) in [7, 11) is 3.58. The molecule has 0 aromatic heterocycles. The first-order chi connectivity index (χ1) is 14.6. The van der Waals surface area contributed by atoms with E-state index in [2.05, 4.69) is 47.4 Å². The van der Waals surface area contributed by atoms with Crippen molar-refractivity contribution < 1.29 is 9.53 Å². The highest BCUT2D eigenvalue weighted by Crippen LogP contribution is 2.25. The fraction of sp³-hybridized carbons (Fsp3) is 0.346. The number of hydrogen-bond acceptors (Lipinski definition) is 3. The standard InChI is InChI=1S/C26H30N2O2/c1-27(18-20-10-12-24(30-2)13-11-20)26(29)22-14-16-28(17-15-22)19-23-8-5-7-21-6-3-4-9-25(21)23/h3-13,22H,14-19H2,1-2H3. The van der Waals surface area contributed by atoms with Crippen LogP contribution in [0.25, 0.3) is 10.8 Å². The summed E-state index contributed by atoms with van der Waals surface area (Å²) in [6.45, 7) is 3.52. The van der Waals surface area contributed by atoms with E-state index in [9.17, 15) is 4.79 Å². The maximum atomic E-state index is 12.9. The molecule has 0 bridgehead atoms. The summed E-state index contributed by atoms with van der Waals surface area (Å²) in [5.74, 6) is 1.22. The Morgan fingerprint density at radius 3 is 2.43 bits per heavy atom. The van der Waals surface area contributed by atoms with Crippen LogP contribution in [0.2, 0.25) is 0 Å². The van der Waals surface area contributed by atoms with E-state index in [0.717, 1.165) is 43.8 Å². The Bertz CT molecular complexity index is 986. The largest absolute Gasteiger partial charge is 0.497 e. The topological polar surface area (TPSA) is 32.8 Å².